The average Bonchev–Trinajstić information content (AvgIpc) is 2.54. The summed E-state index contributed by atoms with van der Waals surface area (Å²) in [7, 11) is 1.37. The van der Waals surface area contributed by atoms with Crippen molar-refractivity contribution >= 4 is 0 Å². The molecule has 0 aromatic rings. The van der Waals surface area contributed by atoms with Crippen molar-refractivity contribution in [1.29, 1.82) is 0 Å². The second kappa shape index (κ2) is 7.54. The summed E-state index contributed by atoms with van der Waals surface area (Å²) in [6.07, 6.45) is -4.31. The van der Waals surface area contributed by atoms with Crippen molar-refractivity contribution in [2.45, 2.75) is 62.7 Å². The first-order valence-electron chi connectivity index (χ1n) is 7.79. The minimum atomic E-state index is -1.24. The van der Waals surface area contributed by atoms with Gasteiger partial charge < -0.3 is 40.3 Å². The molecule has 8 nitrogen and oxygen atoms in total. The second-order valence-corrected chi connectivity index (χ2v) is 6.31. The first kappa shape index (κ1) is 18.8. The van der Waals surface area contributed by atoms with E-state index in [1.54, 1.807) is 19.9 Å². The van der Waals surface area contributed by atoms with Crippen molar-refractivity contribution in [3.05, 3.63) is 11.6 Å². The SMILES string of the molecule is COC1O[C@H](C)C(NC2C=C(CO)[C@@H](C)C(O)C2O)[C@H](O)[C@@H]1O. The van der Waals surface area contributed by atoms with E-state index in [1.165, 1.54) is 7.11 Å². The zero-order valence-corrected chi connectivity index (χ0v) is 13.5. The van der Waals surface area contributed by atoms with Crippen LogP contribution in [-0.2, 0) is 9.47 Å². The number of ether oxygens (including phenoxy) is 2. The molecule has 5 unspecified atom stereocenters. The summed E-state index contributed by atoms with van der Waals surface area (Å²) in [5.41, 5.74) is 0.606. The minimum Gasteiger partial charge on any atom is -0.392 e. The fourth-order valence-electron chi connectivity index (χ4n) is 3.23. The normalized spacial score (nSPS) is 48.2. The Kier molecular flexibility index (Phi) is 6.15. The molecule has 1 heterocycles. The Hall–Kier alpha value is -0.580. The number of hydrogen-bond acceptors (Lipinski definition) is 8. The van der Waals surface area contributed by atoms with Crippen LogP contribution in [0, 0.1) is 5.92 Å². The molecule has 1 aliphatic heterocycles. The molecule has 6 N–H and O–H groups in total. The van der Waals surface area contributed by atoms with E-state index in [0.29, 0.717) is 5.57 Å². The van der Waals surface area contributed by atoms with Gasteiger partial charge in [-0.25, -0.2) is 0 Å². The lowest BCUT2D eigenvalue weighted by Gasteiger charge is -2.44. The number of hydrogen-bond donors (Lipinski definition) is 6. The molecular formula is C15H27NO7. The molecular weight excluding hydrogens is 306 g/mol. The summed E-state index contributed by atoms with van der Waals surface area (Å²) in [6, 6.07) is -1.35. The van der Waals surface area contributed by atoms with Gasteiger partial charge in [0.05, 0.1) is 37.0 Å². The Morgan fingerprint density at radius 2 is 1.74 bits per heavy atom. The van der Waals surface area contributed by atoms with Crippen molar-refractivity contribution in [1.82, 2.24) is 5.32 Å². The predicted molar refractivity (Wildman–Crippen MR) is 80.4 cm³/mol. The Balaban J connectivity index is 2.15. The number of methoxy groups -OCH3 is 1. The van der Waals surface area contributed by atoms with Crippen LogP contribution >= 0.6 is 0 Å². The molecule has 23 heavy (non-hydrogen) atoms. The van der Waals surface area contributed by atoms with Crippen LogP contribution in [0.5, 0.6) is 0 Å². The maximum absolute atomic E-state index is 10.3. The molecule has 1 aliphatic carbocycles. The van der Waals surface area contributed by atoms with Crippen molar-refractivity contribution in [2.24, 2.45) is 5.92 Å². The van der Waals surface area contributed by atoms with Gasteiger partial charge in [-0.1, -0.05) is 13.0 Å². The van der Waals surface area contributed by atoms with Gasteiger partial charge in [0, 0.05) is 13.0 Å². The van der Waals surface area contributed by atoms with Gasteiger partial charge in [0.1, 0.15) is 12.2 Å². The molecule has 1 saturated heterocycles. The van der Waals surface area contributed by atoms with Crippen LogP contribution in [0.3, 0.4) is 0 Å². The summed E-state index contributed by atoms with van der Waals surface area (Å²) < 4.78 is 10.5. The van der Waals surface area contributed by atoms with Crippen molar-refractivity contribution in [3.8, 4) is 0 Å². The number of aliphatic hydroxyl groups is 5. The first-order chi connectivity index (χ1) is 10.8. The van der Waals surface area contributed by atoms with Gasteiger partial charge in [0.25, 0.3) is 0 Å². The number of rotatable bonds is 4. The zero-order chi connectivity index (χ0) is 17.3. The van der Waals surface area contributed by atoms with E-state index in [2.05, 4.69) is 5.32 Å². The molecule has 0 radical (unpaired) electrons. The monoisotopic (exact) mass is 333 g/mol. The van der Waals surface area contributed by atoms with E-state index in [0.717, 1.165) is 0 Å². The Morgan fingerprint density at radius 1 is 1.09 bits per heavy atom. The van der Waals surface area contributed by atoms with Crippen LogP contribution < -0.4 is 5.32 Å². The predicted octanol–water partition coefficient (Wildman–Crippen LogP) is -2.28. The summed E-state index contributed by atoms with van der Waals surface area (Å²) in [5.74, 6) is -0.360. The molecule has 0 aromatic carbocycles. The molecule has 0 bridgehead atoms. The summed E-state index contributed by atoms with van der Waals surface area (Å²) in [4.78, 5) is 0. The minimum absolute atomic E-state index is 0.225. The highest BCUT2D eigenvalue weighted by molar-refractivity contribution is 5.20. The maximum Gasteiger partial charge on any atom is 0.186 e. The molecule has 2 rings (SSSR count). The lowest BCUT2D eigenvalue weighted by atomic mass is 9.81. The van der Waals surface area contributed by atoms with Gasteiger partial charge in [0.15, 0.2) is 6.29 Å². The van der Waals surface area contributed by atoms with Gasteiger partial charge in [0.2, 0.25) is 0 Å². The number of nitrogens with one attached hydrogen (secondary N) is 1. The smallest absolute Gasteiger partial charge is 0.186 e. The summed E-state index contributed by atoms with van der Waals surface area (Å²) >= 11 is 0. The highest BCUT2D eigenvalue weighted by Gasteiger charge is 2.45. The molecule has 8 heteroatoms. The van der Waals surface area contributed by atoms with Crippen LogP contribution in [0.25, 0.3) is 0 Å². The van der Waals surface area contributed by atoms with Crippen LogP contribution in [-0.4, -0.2) is 88.1 Å². The van der Waals surface area contributed by atoms with Crippen LogP contribution in [0.1, 0.15) is 13.8 Å². The quantitative estimate of drug-likeness (QED) is 0.317. The zero-order valence-electron chi connectivity index (χ0n) is 13.5. The van der Waals surface area contributed by atoms with Crippen LogP contribution in [0.2, 0.25) is 0 Å². The van der Waals surface area contributed by atoms with E-state index in [4.69, 9.17) is 9.47 Å². The molecule has 2 aliphatic rings. The lowest BCUT2D eigenvalue weighted by Crippen LogP contribution is -2.66. The molecule has 1 fully saturated rings. The van der Waals surface area contributed by atoms with E-state index in [-0.39, 0.29) is 12.5 Å². The average molecular weight is 333 g/mol. The Labute approximate surface area is 135 Å². The first-order valence-corrected chi connectivity index (χ1v) is 7.79. The summed E-state index contributed by atoms with van der Waals surface area (Å²) in [5, 5.41) is 53.0. The number of aliphatic hydroxyl groups excluding tert-OH is 5. The van der Waals surface area contributed by atoms with E-state index >= 15 is 0 Å². The largest absolute Gasteiger partial charge is 0.392 e. The van der Waals surface area contributed by atoms with Crippen LogP contribution in [0.15, 0.2) is 11.6 Å². The topological polar surface area (TPSA) is 132 Å². The van der Waals surface area contributed by atoms with Crippen LogP contribution in [0.4, 0.5) is 0 Å². The Bertz CT molecular complexity index is 432. The van der Waals surface area contributed by atoms with Crippen molar-refractivity contribution in [3.63, 3.8) is 0 Å². The van der Waals surface area contributed by atoms with Crippen molar-refractivity contribution in [2.75, 3.05) is 13.7 Å². The molecule has 0 saturated carbocycles. The third kappa shape index (κ3) is 3.59. The van der Waals surface area contributed by atoms with E-state index in [9.17, 15) is 25.5 Å². The molecule has 134 valence electrons. The Morgan fingerprint density at radius 3 is 2.30 bits per heavy atom. The third-order valence-corrected chi connectivity index (χ3v) is 4.86. The van der Waals surface area contributed by atoms with Gasteiger partial charge in [-0.3, -0.25) is 0 Å². The van der Waals surface area contributed by atoms with Crippen molar-refractivity contribution < 1.29 is 35.0 Å². The summed E-state index contributed by atoms with van der Waals surface area (Å²) in [6.45, 7) is 3.21. The van der Waals surface area contributed by atoms with Gasteiger partial charge in [-0.2, -0.15) is 0 Å². The van der Waals surface area contributed by atoms with Gasteiger partial charge in [-0.05, 0) is 12.5 Å². The molecule has 0 amide bonds. The fourth-order valence-corrected chi connectivity index (χ4v) is 3.23. The lowest BCUT2D eigenvalue weighted by molar-refractivity contribution is -0.265. The third-order valence-electron chi connectivity index (χ3n) is 4.86. The van der Waals surface area contributed by atoms with E-state index < -0.39 is 48.9 Å². The highest BCUT2D eigenvalue weighted by atomic mass is 16.7. The van der Waals surface area contributed by atoms with E-state index in [1.807, 2.05) is 0 Å². The standard InChI is InChI=1S/C15H27NO7/c1-6-8(5-17)4-9(12(19)11(6)18)16-10-7(2)23-15(22-3)14(21)13(10)20/h4,6-7,9-21H,5H2,1-3H3/t6-,7-,9?,10?,11?,12?,13+,14+,15?/m1/s1. The fraction of sp³-hybridized carbons (Fsp3) is 0.867. The highest BCUT2D eigenvalue weighted by Crippen LogP contribution is 2.28. The van der Waals surface area contributed by atoms with Gasteiger partial charge in [-0.15, -0.1) is 0 Å². The molecule has 9 atom stereocenters. The second-order valence-electron chi connectivity index (χ2n) is 6.31. The van der Waals surface area contributed by atoms with Gasteiger partial charge >= 0.3 is 0 Å². The molecule has 0 spiro atoms. The molecule has 0 aromatic heterocycles. The maximum atomic E-state index is 10.3.